The van der Waals surface area contributed by atoms with E-state index < -0.39 is 0 Å². The molecule has 1 aliphatic rings. The van der Waals surface area contributed by atoms with Gasteiger partial charge in [0.05, 0.1) is 11.6 Å². The Kier molecular flexibility index (Phi) is 5.40. The molecule has 1 amide bonds. The standard InChI is InChI=1S/C26H27N3O/c1-19(20-14-16-23(17-15-20)29(2)3)27-28-25(30)24-18-26(24,21-10-6-4-7-11-21)22-12-8-5-9-13-22/h4-17,24H,18H2,1-3H3,(H,28,30). The van der Waals surface area contributed by atoms with Crippen LogP contribution in [0.2, 0.25) is 0 Å². The molecular formula is C26H27N3O. The fourth-order valence-electron chi connectivity index (χ4n) is 4.14. The summed E-state index contributed by atoms with van der Waals surface area (Å²) < 4.78 is 0. The van der Waals surface area contributed by atoms with Crippen molar-refractivity contribution in [2.24, 2.45) is 11.0 Å². The zero-order valence-corrected chi connectivity index (χ0v) is 17.7. The number of benzene rings is 3. The first-order valence-electron chi connectivity index (χ1n) is 10.3. The van der Waals surface area contributed by atoms with E-state index in [0.717, 1.165) is 23.4 Å². The van der Waals surface area contributed by atoms with Gasteiger partial charge in [-0.05, 0) is 42.2 Å². The van der Waals surface area contributed by atoms with Crippen molar-refractivity contribution < 1.29 is 4.79 Å². The lowest BCUT2D eigenvalue weighted by Gasteiger charge is -2.18. The van der Waals surface area contributed by atoms with Gasteiger partial charge in [-0.3, -0.25) is 4.79 Å². The maximum atomic E-state index is 13.0. The van der Waals surface area contributed by atoms with Gasteiger partial charge in [0.15, 0.2) is 0 Å². The molecule has 0 bridgehead atoms. The van der Waals surface area contributed by atoms with E-state index in [2.05, 4.69) is 39.7 Å². The predicted molar refractivity (Wildman–Crippen MR) is 123 cm³/mol. The molecule has 0 saturated heterocycles. The van der Waals surface area contributed by atoms with Gasteiger partial charge in [0.2, 0.25) is 5.91 Å². The molecule has 30 heavy (non-hydrogen) atoms. The van der Waals surface area contributed by atoms with Crippen molar-refractivity contribution in [3.8, 4) is 0 Å². The molecule has 4 heteroatoms. The molecule has 1 N–H and O–H groups in total. The molecule has 0 aromatic heterocycles. The van der Waals surface area contributed by atoms with Crippen molar-refractivity contribution in [1.29, 1.82) is 0 Å². The molecule has 0 heterocycles. The third-order valence-corrected chi connectivity index (χ3v) is 5.99. The number of hydrazone groups is 1. The molecule has 4 nitrogen and oxygen atoms in total. The average Bonchev–Trinajstić information content (AvgIpc) is 3.56. The second kappa shape index (κ2) is 8.15. The average molecular weight is 398 g/mol. The van der Waals surface area contributed by atoms with Gasteiger partial charge in [0.1, 0.15) is 0 Å². The summed E-state index contributed by atoms with van der Waals surface area (Å²) in [6.45, 7) is 1.92. The highest BCUT2D eigenvalue weighted by Gasteiger charge is 2.60. The maximum absolute atomic E-state index is 13.0. The highest BCUT2D eigenvalue weighted by atomic mass is 16.2. The van der Waals surface area contributed by atoms with E-state index in [1.54, 1.807) is 0 Å². The summed E-state index contributed by atoms with van der Waals surface area (Å²) in [5, 5.41) is 4.39. The molecule has 1 atom stereocenters. The minimum absolute atomic E-state index is 0.0352. The summed E-state index contributed by atoms with van der Waals surface area (Å²) in [6.07, 6.45) is 0.791. The van der Waals surface area contributed by atoms with E-state index in [-0.39, 0.29) is 17.2 Å². The normalized spacial score (nSPS) is 17.3. The summed E-state index contributed by atoms with van der Waals surface area (Å²) in [4.78, 5) is 15.1. The summed E-state index contributed by atoms with van der Waals surface area (Å²) in [5.74, 6) is -0.165. The molecule has 1 aliphatic carbocycles. The van der Waals surface area contributed by atoms with Crippen molar-refractivity contribution in [3.63, 3.8) is 0 Å². The minimum Gasteiger partial charge on any atom is -0.378 e. The number of hydrogen-bond donors (Lipinski definition) is 1. The Labute approximate surface area is 178 Å². The number of nitrogens with zero attached hydrogens (tertiary/aromatic N) is 2. The SMILES string of the molecule is CC(=NNC(=O)C1CC1(c1ccccc1)c1ccccc1)c1ccc(N(C)C)cc1. The Morgan fingerprint density at radius 2 is 1.43 bits per heavy atom. The van der Waals surface area contributed by atoms with Gasteiger partial charge in [-0.1, -0.05) is 72.8 Å². The van der Waals surface area contributed by atoms with Crippen LogP contribution in [0.4, 0.5) is 5.69 Å². The smallest absolute Gasteiger partial charge is 0.244 e. The van der Waals surface area contributed by atoms with E-state index in [1.807, 2.05) is 81.7 Å². The van der Waals surface area contributed by atoms with Crippen LogP contribution in [0.25, 0.3) is 0 Å². The largest absolute Gasteiger partial charge is 0.378 e. The van der Waals surface area contributed by atoms with Crippen LogP contribution in [0.5, 0.6) is 0 Å². The summed E-state index contributed by atoms with van der Waals surface area (Å²) in [7, 11) is 4.02. The fourth-order valence-corrected chi connectivity index (χ4v) is 4.14. The molecule has 0 spiro atoms. The van der Waals surface area contributed by atoms with Crippen LogP contribution >= 0.6 is 0 Å². The minimum atomic E-state index is -0.274. The van der Waals surface area contributed by atoms with E-state index in [0.29, 0.717) is 0 Å². The van der Waals surface area contributed by atoms with Gasteiger partial charge >= 0.3 is 0 Å². The molecule has 4 rings (SSSR count). The quantitative estimate of drug-likeness (QED) is 0.488. The Hall–Kier alpha value is -3.40. The first kappa shape index (κ1) is 19.9. The second-order valence-corrected chi connectivity index (χ2v) is 8.07. The van der Waals surface area contributed by atoms with Gasteiger partial charge in [-0.25, -0.2) is 5.43 Å². The Morgan fingerprint density at radius 1 is 0.900 bits per heavy atom. The van der Waals surface area contributed by atoms with E-state index in [1.165, 1.54) is 11.1 Å². The van der Waals surface area contributed by atoms with Crippen LogP contribution in [0, 0.1) is 5.92 Å². The Balaban J connectivity index is 1.53. The number of anilines is 1. The number of carbonyl (C=O) groups is 1. The number of nitrogens with one attached hydrogen (secondary N) is 1. The lowest BCUT2D eigenvalue weighted by Crippen LogP contribution is -2.26. The molecule has 3 aromatic rings. The number of amides is 1. The van der Waals surface area contributed by atoms with Gasteiger partial charge in [0.25, 0.3) is 0 Å². The number of hydrogen-bond acceptors (Lipinski definition) is 3. The van der Waals surface area contributed by atoms with Gasteiger partial charge in [-0.2, -0.15) is 5.10 Å². The Bertz CT molecular complexity index is 1000. The van der Waals surface area contributed by atoms with Crippen LogP contribution in [-0.4, -0.2) is 25.7 Å². The van der Waals surface area contributed by atoms with Crippen LogP contribution in [-0.2, 0) is 10.2 Å². The Morgan fingerprint density at radius 3 is 1.93 bits per heavy atom. The fraction of sp³-hybridized carbons (Fsp3) is 0.231. The molecule has 1 saturated carbocycles. The first-order chi connectivity index (χ1) is 14.5. The van der Waals surface area contributed by atoms with Crippen LogP contribution in [0.1, 0.15) is 30.0 Å². The van der Waals surface area contributed by atoms with Crippen molar-refractivity contribution >= 4 is 17.3 Å². The summed E-state index contributed by atoms with van der Waals surface area (Å²) >= 11 is 0. The first-order valence-corrected chi connectivity index (χ1v) is 10.3. The zero-order valence-electron chi connectivity index (χ0n) is 17.7. The lowest BCUT2D eigenvalue weighted by molar-refractivity contribution is -0.122. The molecule has 1 unspecified atom stereocenters. The van der Waals surface area contributed by atoms with E-state index >= 15 is 0 Å². The highest BCUT2D eigenvalue weighted by Crippen LogP contribution is 2.58. The zero-order chi connectivity index (χ0) is 21.1. The van der Waals surface area contributed by atoms with Crippen LogP contribution in [0.3, 0.4) is 0 Å². The van der Waals surface area contributed by atoms with E-state index in [9.17, 15) is 4.79 Å². The molecule has 0 aliphatic heterocycles. The number of carbonyl (C=O) groups excluding carboxylic acids is 1. The van der Waals surface area contributed by atoms with E-state index in [4.69, 9.17) is 0 Å². The molecule has 152 valence electrons. The highest BCUT2D eigenvalue weighted by molar-refractivity contribution is 5.99. The van der Waals surface area contributed by atoms with Crippen LogP contribution in [0.15, 0.2) is 90.0 Å². The van der Waals surface area contributed by atoms with Gasteiger partial charge in [0, 0.05) is 25.2 Å². The lowest BCUT2D eigenvalue weighted by atomic mass is 9.85. The molecule has 3 aromatic carbocycles. The van der Waals surface area contributed by atoms with Crippen LogP contribution < -0.4 is 10.3 Å². The number of rotatable bonds is 6. The predicted octanol–water partition coefficient (Wildman–Crippen LogP) is 4.60. The van der Waals surface area contributed by atoms with Crippen molar-refractivity contribution in [1.82, 2.24) is 5.43 Å². The summed E-state index contributed by atoms with van der Waals surface area (Å²) in [6, 6.07) is 28.7. The third kappa shape index (κ3) is 3.73. The van der Waals surface area contributed by atoms with Gasteiger partial charge < -0.3 is 4.90 Å². The summed E-state index contributed by atoms with van der Waals surface area (Å²) in [5.41, 5.74) is 7.81. The van der Waals surface area contributed by atoms with Crippen molar-refractivity contribution in [2.75, 3.05) is 19.0 Å². The molecule has 1 fully saturated rings. The third-order valence-electron chi connectivity index (χ3n) is 5.99. The molecular weight excluding hydrogens is 370 g/mol. The van der Waals surface area contributed by atoms with Crippen molar-refractivity contribution in [2.45, 2.75) is 18.8 Å². The monoisotopic (exact) mass is 397 g/mol. The second-order valence-electron chi connectivity index (χ2n) is 8.07. The van der Waals surface area contributed by atoms with Crippen molar-refractivity contribution in [3.05, 3.63) is 102 Å². The molecule has 0 radical (unpaired) electrons. The maximum Gasteiger partial charge on any atom is 0.244 e. The topological polar surface area (TPSA) is 44.7 Å². The van der Waals surface area contributed by atoms with Gasteiger partial charge in [-0.15, -0.1) is 0 Å².